The molecule has 8 nitrogen and oxygen atoms in total. The first-order valence-corrected chi connectivity index (χ1v) is 11.4. The average Bonchev–Trinajstić information content (AvgIpc) is 3.17. The molecule has 0 bridgehead atoms. The van der Waals surface area contributed by atoms with Gasteiger partial charge in [-0.25, -0.2) is 4.68 Å². The van der Waals surface area contributed by atoms with Crippen LogP contribution in [0.5, 0.6) is 11.5 Å². The number of hydrogen-bond acceptors (Lipinski definition) is 7. The number of carbonyl (C=O) groups excluding carboxylic acids is 1. The van der Waals surface area contributed by atoms with Gasteiger partial charge in [-0.15, -0.1) is 5.10 Å². The molecule has 2 aromatic carbocycles. The second kappa shape index (κ2) is 9.35. The number of benzene rings is 2. The molecule has 1 atom stereocenters. The third-order valence-corrected chi connectivity index (χ3v) is 5.71. The molecule has 4 rings (SSSR count). The number of rotatable bonds is 7. The zero-order valence-electron chi connectivity index (χ0n) is 18.1. The first-order chi connectivity index (χ1) is 15.5. The standard InChI is InChI=1S/C23H25N5O3S/c1-4-31-18-9-7-6-8-17(18)25-21(30)19-14(3)24-22-26-23(32-5-2)27-28(22)20(19)15-10-12-16(29)13-11-15/h6-13,20,29H,4-5H2,1-3H3,(H,25,30)(H,24,26,27). The van der Waals surface area contributed by atoms with E-state index in [9.17, 15) is 9.90 Å². The summed E-state index contributed by atoms with van der Waals surface area (Å²) in [6.07, 6.45) is 0. The summed E-state index contributed by atoms with van der Waals surface area (Å²) >= 11 is 1.53. The molecule has 3 N–H and O–H groups in total. The van der Waals surface area contributed by atoms with Crippen molar-refractivity contribution in [1.82, 2.24) is 14.8 Å². The largest absolute Gasteiger partial charge is 0.508 e. The average molecular weight is 452 g/mol. The van der Waals surface area contributed by atoms with Crippen LogP contribution in [0.3, 0.4) is 0 Å². The summed E-state index contributed by atoms with van der Waals surface area (Å²) in [7, 11) is 0. The van der Waals surface area contributed by atoms with Crippen LogP contribution in [0.25, 0.3) is 0 Å². The predicted molar refractivity (Wildman–Crippen MR) is 125 cm³/mol. The van der Waals surface area contributed by atoms with Crippen LogP contribution < -0.4 is 15.4 Å². The molecule has 1 aromatic heterocycles. The fourth-order valence-corrected chi connectivity index (χ4v) is 4.18. The normalized spacial score (nSPS) is 15.2. The number of fused-ring (bicyclic) bond motifs is 1. The SMILES string of the molecule is CCOc1ccccc1NC(=O)C1=C(C)Nc2nc(SCC)nn2C1c1ccc(O)cc1. The van der Waals surface area contributed by atoms with Gasteiger partial charge in [0.2, 0.25) is 11.1 Å². The molecular formula is C23H25N5O3S. The van der Waals surface area contributed by atoms with Crippen molar-refractivity contribution in [1.29, 1.82) is 0 Å². The fourth-order valence-electron chi connectivity index (χ4n) is 3.62. The van der Waals surface area contributed by atoms with Gasteiger partial charge < -0.3 is 20.5 Å². The summed E-state index contributed by atoms with van der Waals surface area (Å²) in [5.41, 5.74) is 2.59. The highest BCUT2D eigenvalue weighted by molar-refractivity contribution is 7.99. The number of anilines is 2. The summed E-state index contributed by atoms with van der Waals surface area (Å²) in [6, 6.07) is 13.6. The molecule has 3 aromatic rings. The Morgan fingerprint density at radius 3 is 2.69 bits per heavy atom. The van der Waals surface area contributed by atoms with Gasteiger partial charge in [0.05, 0.1) is 17.9 Å². The molecule has 0 spiro atoms. The van der Waals surface area contributed by atoms with Crippen LogP contribution in [0.1, 0.15) is 32.4 Å². The number of nitrogens with zero attached hydrogens (tertiary/aromatic N) is 3. The lowest BCUT2D eigenvalue weighted by atomic mass is 9.95. The molecule has 0 saturated carbocycles. The second-order valence-corrected chi connectivity index (χ2v) is 8.37. The van der Waals surface area contributed by atoms with E-state index in [2.05, 4.69) is 20.7 Å². The van der Waals surface area contributed by atoms with Gasteiger partial charge in [0.25, 0.3) is 5.91 Å². The summed E-state index contributed by atoms with van der Waals surface area (Å²) in [5.74, 6) is 1.89. The molecule has 2 heterocycles. The number of carbonyl (C=O) groups is 1. The summed E-state index contributed by atoms with van der Waals surface area (Å²) in [6.45, 7) is 6.27. The molecule has 1 amide bonds. The molecule has 0 fully saturated rings. The number of phenols is 1. The van der Waals surface area contributed by atoms with Crippen LogP contribution in [0.2, 0.25) is 0 Å². The Bertz CT molecular complexity index is 1160. The molecule has 166 valence electrons. The van der Waals surface area contributed by atoms with Crippen molar-refractivity contribution in [2.75, 3.05) is 23.0 Å². The Hall–Kier alpha value is -3.46. The maximum absolute atomic E-state index is 13.5. The predicted octanol–water partition coefficient (Wildman–Crippen LogP) is 4.42. The van der Waals surface area contributed by atoms with Crippen LogP contribution in [0, 0.1) is 0 Å². The van der Waals surface area contributed by atoms with E-state index >= 15 is 0 Å². The topological polar surface area (TPSA) is 101 Å². The minimum Gasteiger partial charge on any atom is -0.508 e. The van der Waals surface area contributed by atoms with Crippen molar-refractivity contribution < 1.29 is 14.6 Å². The highest BCUT2D eigenvalue weighted by atomic mass is 32.2. The number of aromatic nitrogens is 3. The van der Waals surface area contributed by atoms with Gasteiger partial charge in [0.1, 0.15) is 17.5 Å². The Kier molecular flexibility index (Phi) is 6.36. The number of ether oxygens (including phenoxy) is 1. The van der Waals surface area contributed by atoms with Gasteiger partial charge in [-0.3, -0.25) is 4.79 Å². The van der Waals surface area contributed by atoms with Crippen molar-refractivity contribution in [2.24, 2.45) is 0 Å². The van der Waals surface area contributed by atoms with Gasteiger partial charge in [-0.05, 0) is 49.4 Å². The van der Waals surface area contributed by atoms with Crippen molar-refractivity contribution in [3.05, 3.63) is 65.4 Å². The van der Waals surface area contributed by atoms with Crippen LogP contribution in [-0.4, -0.2) is 38.1 Å². The zero-order chi connectivity index (χ0) is 22.7. The summed E-state index contributed by atoms with van der Waals surface area (Å²) in [5, 5.41) is 21.3. The Morgan fingerprint density at radius 1 is 1.22 bits per heavy atom. The summed E-state index contributed by atoms with van der Waals surface area (Å²) < 4.78 is 7.38. The van der Waals surface area contributed by atoms with Crippen molar-refractivity contribution in [3.8, 4) is 11.5 Å². The monoisotopic (exact) mass is 451 g/mol. The summed E-state index contributed by atoms with van der Waals surface area (Å²) in [4.78, 5) is 18.1. The van der Waals surface area contributed by atoms with Crippen molar-refractivity contribution >= 4 is 29.3 Å². The van der Waals surface area contributed by atoms with Crippen LogP contribution in [0.4, 0.5) is 11.6 Å². The lowest BCUT2D eigenvalue weighted by Crippen LogP contribution is -2.31. The van der Waals surface area contributed by atoms with E-state index in [1.165, 1.54) is 11.8 Å². The molecule has 1 aliphatic rings. The van der Waals surface area contributed by atoms with Gasteiger partial charge in [-0.1, -0.05) is 43.0 Å². The number of nitrogens with one attached hydrogen (secondary N) is 2. The number of aromatic hydroxyl groups is 1. The smallest absolute Gasteiger partial charge is 0.255 e. The van der Waals surface area contributed by atoms with E-state index in [4.69, 9.17) is 4.74 Å². The van der Waals surface area contributed by atoms with Gasteiger partial charge >= 0.3 is 0 Å². The first-order valence-electron chi connectivity index (χ1n) is 10.4. The molecule has 0 aliphatic carbocycles. The lowest BCUT2D eigenvalue weighted by molar-refractivity contribution is -0.113. The molecule has 0 radical (unpaired) electrons. The molecule has 0 saturated heterocycles. The Balaban J connectivity index is 1.76. The van der Waals surface area contributed by atoms with Gasteiger partial charge in [0.15, 0.2) is 0 Å². The van der Waals surface area contributed by atoms with Gasteiger partial charge in [-0.2, -0.15) is 4.98 Å². The minimum absolute atomic E-state index is 0.154. The zero-order valence-corrected chi connectivity index (χ0v) is 18.9. The van der Waals surface area contributed by atoms with E-state index in [1.807, 2.05) is 45.0 Å². The first kappa shape index (κ1) is 21.8. The van der Waals surface area contributed by atoms with Crippen molar-refractivity contribution in [3.63, 3.8) is 0 Å². The van der Waals surface area contributed by atoms with Crippen molar-refractivity contribution in [2.45, 2.75) is 32.0 Å². The number of allylic oxidation sites excluding steroid dienone is 1. The van der Waals surface area contributed by atoms with Gasteiger partial charge in [0, 0.05) is 5.70 Å². The van der Waals surface area contributed by atoms with E-state index in [1.54, 1.807) is 28.9 Å². The van der Waals surface area contributed by atoms with E-state index in [0.29, 0.717) is 40.4 Å². The Labute approximate surface area is 190 Å². The third kappa shape index (κ3) is 4.29. The molecule has 32 heavy (non-hydrogen) atoms. The molecule has 1 aliphatic heterocycles. The second-order valence-electron chi connectivity index (χ2n) is 7.14. The number of para-hydroxylation sites is 2. The molecular weight excluding hydrogens is 426 g/mol. The number of hydrogen-bond donors (Lipinski definition) is 3. The van der Waals surface area contributed by atoms with Crippen LogP contribution >= 0.6 is 11.8 Å². The third-order valence-electron chi connectivity index (χ3n) is 5.00. The van der Waals surface area contributed by atoms with E-state index < -0.39 is 6.04 Å². The quantitative estimate of drug-likeness (QED) is 0.457. The lowest BCUT2D eigenvalue weighted by Gasteiger charge is -2.28. The maximum atomic E-state index is 13.5. The maximum Gasteiger partial charge on any atom is 0.255 e. The highest BCUT2D eigenvalue weighted by Crippen LogP contribution is 2.37. The van der Waals surface area contributed by atoms with E-state index in [0.717, 1.165) is 11.3 Å². The molecule has 1 unspecified atom stereocenters. The number of phenolic OH excluding ortho intramolecular Hbond substituents is 1. The molecule has 9 heteroatoms. The van der Waals surface area contributed by atoms with Crippen LogP contribution in [0.15, 0.2) is 65.0 Å². The highest BCUT2D eigenvalue weighted by Gasteiger charge is 2.34. The van der Waals surface area contributed by atoms with Crippen LogP contribution in [-0.2, 0) is 4.79 Å². The van der Waals surface area contributed by atoms with E-state index in [-0.39, 0.29) is 11.7 Å². The number of amides is 1. The fraction of sp³-hybridized carbons (Fsp3) is 0.261. The minimum atomic E-state index is -0.509. The Morgan fingerprint density at radius 2 is 1.97 bits per heavy atom. The number of thioether (sulfide) groups is 1.